The summed E-state index contributed by atoms with van der Waals surface area (Å²) in [7, 11) is 0. The number of para-hydroxylation sites is 1. The van der Waals surface area contributed by atoms with Crippen LogP contribution in [0.4, 0.5) is 5.69 Å². The maximum absolute atomic E-state index is 12.0. The van der Waals surface area contributed by atoms with Gasteiger partial charge in [-0.3, -0.25) is 14.5 Å². The van der Waals surface area contributed by atoms with E-state index < -0.39 is 0 Å². The summed E-state index contributed by atoms with van der Waals surface area (Å²) in [5.74, 6) is -0.303. The third-order valence-electron chi connectivity index (χ3n) is 2.83. The van der Waals surface area contributed by atoms with Gasteiger partial charge in [-0.05, 0) is 41.1 Å². The molecule has 0 saturated carbocycles. The van der Waals surface area contributed by atoms with Crippen LogP contribution in [0.1, 0.15) is 13.3 Å². The highest BCUT2D eigenvalue weighted by atomic mass is 127. The predicted molar refractivity (Wildman–Crippen MR) is 93.8 cm³/mol. The Labute approximate surface area is 140 Å². The lowest BCUT2D eigenvalue weighted by Crippen LogP contribution is -2.38. The van der Waals surface area contributed by atoms with Gasteiger partial charge in [-0.15, -0.1) is 0 Å². The number of hydrogen-bond donors (Lipinski definition) is 1. The number of hydrogen-bond acceptors (Lipinski definition) is 4. The van der Waals surface area contributed by atoms with Gasteiger partial charge in [0.25, 0.3) is 0 Å². The normalized spacial score (nSPS) is 18.5. The van der Waals surface area contributed by atoms with Crippen LogP contribution in [0.25, 0.3) is 0 Å². The van der Waals surface area contributed by atoms with Gasteiger partial charge in [-0.25, -0.2) is 0 Å². The van der Waals surface area contributed by atoms with Crippen molar-refractivity contribution in [3.63, 3.8) is 0 Å². The third kappa shape index (κ3) is 3.50. The fourth-order valence-corrected chi connectivity index (χ4v) is 3.74. The van der Waals surface area contributed by atoms with Gasteiger partial charge in [0.1, 0.15) is 10.9 Å². The number of halogens is 1. The molecule has 106 valence electrons. The molecule has 2 amide bonds. The summed E-state index contributed by atoms with van der Waals surface area (Å²) in [6.45, 7) is 1.92. The van der Waals surface area contributed by atoms with E-state index in [1.54, 1.807) is 0 Å². The topological polar surface area (TPSA) is 49.4 Å². The van der Waals surface area contributed by atoms with Gasteiger partial charge in [0, 0.05) is 3.57 Å². The molecule has 1 aliphatic heterocycles. The van der Waals surface area contributed by atoms with Crippen LogP contribution in [0, 0.1) is 3.57 Å². The Morgan fingerprint density at radius 3 is 2.80 bits per heavy atom. The van der Waals surface area contributed by atoms with E-state index in [9.17, 15) is 9.59 Å². The SMILES string of the molecule is CCC1SC(=S)N(CC(=O)Nc2ccccc2I)C1=O. The first-order valence-corrected chi connectivity index (χ1v) is 8.46. The molecule has 0 spiro atoms. The second kappa shape index (κ2) is 6.86. The van der Waals surface area contributed by atoms with Crippen molar-refractivity contribution >= 4 is 68.4 Å². The molecule has 1 aliphatic rings. The van der Waals surface area contributed by atoms with E-state index in [1.165, 1.54) is 16.7 Å². The van der Waals surface area contributed by atoms with Crippen molar-refractivity contribution in [3.8, 4) is 0 Å². The Balaban J connectivity index is 2.00. The fraction of sp³-hybridized carbons (Fsp3) is 0.308. The fourth-order valence-electron chi connectivity index (χ4n) is 1.80. The minimum Gasteiger partial charge on any atom is -0.324 e. The number of rotatable bonds is 4. The number of benzene rings is 1. The van der Waals surface area contributed by atoms with E-state index >= 15 is 0 Å². The molecule has 0 radical (unpaired) electrons. The number of carbonyl (C=O) groups excluding carboxylic acids is 2. The Morgan fingerprint density at radius 1 is 1.50 bits per heavy atom. The minimum atomic E-state index is -0.234. The summed E-state index contributed by atoms with van der Waals surface area (Å²) in [5.41, 5.74) is 0.746. The average Bonchev–Trinajstić information content (AvgIpc) is 2.69. The highest BCUT2D eigenvalue weighted by molar-refractivity contribution is 14.1. The summed E-state index contributed by atoms with van der Waals surface area (Å²) in [6.07, 6.45) is 0.721. The summed E-state index contributed by atoms with van der Waals surface area (Å²) in [6, 6.07) is 7.49. The molecule has 1 saturated heterocycles. The van der Waals surface area contributed by atoms with Crippen LogP contribution < -0.4 is 5.32 Å². The maximum atomic E-state index is 12.0. The van der Waals surface area contributed by atoms with Crippen LogP contribution in [-0.2, 0) is 9.59 Å². The molecule has 1 fully saturated rings. The Morgan fingerprint density at radius 2 is 2.20 bits per heavy atom. The molecule has 7 heteroatoms. The lowest BCUT2D eigenvalue weighted by Gasteiger charge is -2.15. The number of anilines is 1. The molecule has 20 heavy (non-hydrogen) atoms. The molecule has 1 heterocycles. The van der Waals surface area contributed by atoms with E-state index in [-0.39, 0.29) is 23.6 Å². The third-order valence-corrected chi connectivity index (χ3v) is 5.52. The van der Waals surface area contributed by atoms with Crippen molar-refractivity contribution in [3.05, 3.63) is 27.8 Å². The number of nitrogens with zero attached hydrogens (tertiary/aromatic N) is 1. The summed E-state index contributed by atoms with van der Waals surface area (Å²) >= 11 is 8.67. The van der Waals surface area contributed by atoms with Gasteiger partial charge in [0.15, 0.2) is 0 Å². The Kier molecular flexibility index (Phi) is 5.39. The molecule has 1 unspecified atom stereocenters. The standard InChI is InChI=1S/C13H13IN2O2S2/c1-2-10-12(18)16(13(19)20-10)7-11(17)15-9-6-4-3-5-8(9)14/h3-6,10H,2,7H2,1H3,(H,15,17). The number of thiocarbonyl (C=S) groups is 1. The predicted octanol–water partition coefficient (Wildman–Crippen LogP) is 2.87. The Hall–Kier alpha value is -0.670. The van der Waals surface area contributed by atoms with Crippen LogP contribution in [0.15, 0.2) is 24.3 Å². The molecule has 1 atom stereocenters. The van der Waals surface area contributed by atoms with Crippen molar-refractivity contribution in [1.29, 1.82) is 0 Å². The quantitative estimate of drug-likeness (QED) is 0.602. The van der Waals surface area contributed by atoms with Crippen LogP contribution in [0.5, 0.6) is 0 Å². The summed E-state index contributed by atoms with van der Waals surface area (Å²) < 4.78 is 1.44. The van der Waals surface area contributed by atoms with Crippen molar-refractivity contribution in [1.82, 2.24) is 4.90 Å². The zero-order valence-electron chi connectivity index (χ0n) is 10.8. The maximum Gasteiger partial charge on any atom is 0.244 e. The van der Waals surface area contributed by atoms with E-state index in [1.807, 2.05) is 31.2 Å². The molecule has 1 aromatic carbocycles. The zero-order valence-corrected chi connectivity index (χ0v) is 14.5. The highest BCUT2D eigenvalue weighted by Crippen LogP contribution is 2.29. The molecule has 2 rings (SSSR count). The van der Waals surface area contributed by atoms with Gasteiger partial charge < -0.3 is 5.32 Å². The van der Waals surface area contributed by atoms with Crippen molar-refractivity contribution in [2.75, 3.05) is 11.9 Å². The molecule has 4 nitrogen and oxygen atoms in total. The second-order valence-electron chi connectivity index (χ2n) is 4.23. The molecule has 0 bridgehead atoms. The summed E-state index contributed by atoms with van der Waals surface area (Å²) in [5, 5.41) is 2.66. The number of carbonyl (C=O) groups is 2. The Bertz CT molecular complexity index is 565. The average molecular weight is 420 g/mol. The van der Waals surface area contributed by atoms with Crippen molar-refractivity contribution < 1.29 is 9.59 Å². The number of amides is 2. The van der Waals surface area contributed by atoms with Gasteiger partial charge in [-0.2, -0.15) is 0 Å². The molecular formula is C13H13IN2O2S2. The highest BCUT2D eigenvalue weighted by Gasteiger charge is 2.36. The molecule has 1 aromatic rings. The lowest BCUT2D eigenvalue weighted by atomic mass is 10.3. The van der Waals surface area contributed by atoms with Crippen LogP contribution in [0.2, 0.25) is 0 Å². The molecule has 1 N–H and O–H groups in total. The van der Waals surface area contributed by atoms with E-state index in [0.29, 0.717) is 4.32 Å². The molecular weight excluding hydrogens is 407 g/mol. The van der Waals surface area contributed by atoms with E-state index in [2.05, 4.69) is 27.9 Å². The van der Waals surface area contributed by atoms with Crippen LogP contribution in [-0.4, -0.2) is 32.8 Å². The number of thioether (sulfide) groups is 1. The number of nitrogens with one attached hydrogen (secondary N) is 1. The van der Waals surface area contributed by atoms with Gasteiger partial charge >= 0.3 is 0 Å². The van der Waals surface area contributed by atoms with Gasteiger partial charge in [-0.1, -0.05) is 43.0 Å². The smallest absolute Gasteiger partial charge is 0.244 e. The minimum absolute atomic E-state index is 0.0217. The first kappa shape index (κ1) is 15.7. The van der Waals surface area contributed by atoms with E-state index in [0.717, 1.165) is 15.7 Å². The van der Waals surface area contributed by atoms with Gasteiger partial charge in [0.05, 0.1) is 10.9 Å². The first-order chi connectivity index (χ1) is 9.52. The van der Waals surface area contributed by atoms with Crippen LogP contribution >= 0.6 is 46.6 Å². The second-order valence-corrected chi connectivity index (χ2v) is 7.23. The zero-order chi connectivity index (χ0) is 14.7. The lowest BCUT2D eigenvalue weighted by molar-refractivity contribution is -0.129. The largest absolute Gasteiger partial charge is 0.324 e. The van der Waals surface area contributed by atoms with E-state index in [4.69, 9.17) is 12.2 Å². The molecule has 0 aliphatic carbocycles. The van der Waals surface area contributed by atoms with Gasteiger partial charge in [0.2, 0.25) is 11.8 Å². The monoisotopic (exact) mass is 420 g/mol. The first-order valence-electron chi connectivity index (χ1n) is 6.09. The van der Waals surface area contributed by atoms with Crippen LogP contribution in [0.3, 0.4) is 0 Å². The van der Waals surface area contributed by atoms with Crippen molar-refractivity contribution in [2.24, 2.45) is 0 Å². The van der Waals surface area contributed by atoms with Crippen molar-refractivity contribution in [2.45, 2.75) is 18.6 Å². The molecule has 0 aromatic heterocycles. The summed E-state index contributed by atoms with van der Waals surface area (Å²) in [4.78, 5) is 25.5.